The molecule has 0 aliphatic heterocycles. The fourth-order valence-electron chi connectivity index (χ4n) is 1.93. The van der Waals surface area contributed by atoms with Gasteiger partial charge in [-0.1, -0.05) is 12.1 Å². The van der Waals surface area contributed by atoms with E-state index in [1.54, 1.807) is 0 Å². The maximum absolute atomic E-state index is 4.53. The van der Waals surface area contributed by atoms with Crippen LogP contribution in [-0.4, -0.2) is 21.9 Å². The van der Waals surface area contributed by atoms with Gasteiger partial charge >= 0.3 is 0 Å². The third-order valence-electron chi connectivity index (χ3n) is 3.13. The van der Waals surface area contributed by atoms with Gasteiger partial charge in [-0.3, -0.25) is 14.9 Å². The van der Waals surface area contributed by atoms with Crippen molar-refractivity contribution in [3.05, 3.63) is 59.7 Å². The summed E-state index contributed by atoms with van der Waals surface area (Å²) in [5.41, 5.74) is 3.25. The predicted octanol–water partition coefficient (Wildman–Crippen LogP) is 2.98. The Hall–Kier alpha value is -1.74. The Morgan fingerprint density at radius 1 is 1.17 bits per heavy atom. The molecule has 3 nitrogen and oxygen atoms in total. The molecule has 1 unspecified atom stereocenters. The normalized spacial score (nSPS) is 12.7. The number of aromatic nitrogens is 2. The van der Waals surface area contributed by atoms with Gasteiger partial charge < -0.3 is 0 Å². The fourth-order valence-corrected chi connectivity index (χ4v) is 1.93. The summed E-state index contributed by atoms with van der Waals surface area (Å²) in [6, 6.07) is 12.5. The van der Waals surface area contributed by atoms with E-state index in [0.29, 0.717) is 0 Å². The highest BCUT2D eigenvalue weighted by molar-refractivity contribution is 5.11. The second kappa shape index (κ2) is 5.74. The molecule has 0 saturated heterocycles. The lowest BCUT2D eigenvalue weighted by molar-refractivity contribution is 0.245. The van der Waals surface area contributed by atoms with Crippen LogP contribution in [-0.2, 0) is 6.54 Å². The van der Waals surface area contributed by atoms with Crippen molar-refractivity contribution in [3.63, 3.8) is 0 Å². The number of hydrogen-bond donors (Lipinski definition) is 0. The Kier molecular flexibility index (Phi) is 4.05. The molecule has 94 valence electrons. The van der Waals surface area contributed by atoms with Crippen LogP contribution in [0.15, 0.2) is 42.6 Å². The van der Waals surface area contributed by atoms with Gasteiger partial charge in [0.05, 0.1) is 11.4 Å². The van der Waals surface area contributed by atoms with E-state index in [1.165, 1.54) is 0 Å². The molecular weight excluding hydrogens is 222 g/mol. The van der Waals surface area contributed by atoms with Crippen molar-refractivity contribution in [3.8, 4) is 0 Å². The molecule has 1 atom stereocenters. The molecule has 2 aromatic rings. The van der Waals surface area contributed by atoms with Crippen LogP contribution in [0.3, 0.4) is 0 Å². The van der Waals surface area contributed by atoms with Crippen LogP contribution >= 0.6 is 0 Å². The zero-order chi connectivity index (χ0) is 13.0. The topological polar surface area (TPSA) is 29.0 Å². The van der Waals surface area contributed by atoms with Gasteiger partial charge in [0.15, 0.2) is 0 Å². The molecule has 2 heterocycles. The van der Waals surface area contributed by atoms with Crippen molar-refractivity contribution < 1.29 is 0 Å². The zero-order valence-electron chi connectivity index (χ0n) is 11.2. The van der Waals surface area contributed by atoms with Gasteiger partial charge in [-0.05, 0) is 45.2 Å². The van der Waals surface area contributed by atoms with Crippen molar-refractivity contribution in [2.75, 3.05) is 7.05 Å². The summed E-state index contributed by atoms with van der Waals surface area (Å²) in [6.45, 7) is 5.02. The van der Waals surface area contributed by atoms with E-state index in [9.17, 15) is 0 Å². The molecule has 0 amide bonds. The molecule has 0 N–H and O–H groups in total. The van der Waals surface area contributed by atoms with Gasteiger partial charge in [0, 0.05) is 24.5 Å². The van der Waals surface area contributed by atoms with E-state index in [2.05, 4.69) is 47.0 Å². The highest BCUT2D eigenvalue weighted by Crippen LogP contribution is 2.17. The standard InChI is InChI=1S/C15H19N3/c1-12-7-6-8-14(17-12)11-18(3)13(2)15-9-4-5-10-16-15/h4-10,13H,11H2,1-3H3. The van der Waals surface area contributed by atoms with Crippen LogP contribution in [0.4, 0.5) is 0 Å². The molecule has 2 aromatic heterocycles. The predicted molar refractivity (Wildman–Crippen MR) is 73.1 cm³/mol. The number of aryl methyl sites for hydroxylation is 1. The van der Waals surface area contributed by atoms with Crippen LogP contribution in [0.5, 0.6) is 0 Å². The minimum absolute atomic E-state index is 0.286. The van der Waals surface area contributed by atoms with E-state index >= 15 is 0 Å². The molecule has 2 rings (SSSR count). The van der Waals surface area contributed by atoms with Crippen LogP contribution in [0.25, 0.3) is 0 Å². The van der Waals surface area contributed by atoms with Crippen LogP contribution in [0.2, 0.25) is 0 Å². The zero-order valence-corrected chi connectivity index (χ0v) is 11.2. The van der Waals surface area contributed by atoms with Gasteiger partial charge in [-0.15, -0.1) is 0 Å². The van der Waals surface area contributed by atoms with Crippen molar-refractivity contribution in [1.82, 2.24) is 14.9 Å². The molecule has 0 spiro atoms. The molecular formula is C15H19N3. The quantitative estimate of drug-likeness (QED) is 0.824. The van der Waals surface area contributed by atoms with Crippen molar-refractivity contribution in [2.45, 2.75) is 26.4 Å². The second-order valence-electron chi connectivity index (χ2n) is 4.62. The van der Waals surface area contributed by atoms with Crippen LogP contribution in [0, 0.1) is 6.92 Å². The van der Waals surface area contributed by atoms with E-state index < -0.39 is 0 Å². The maximum atomic E-state index is 4.53. The SMILES string of the molecule is Cc1cccc(CN(C)C(C)c2ccccn2)n1. The second-order valence-corrected chi connectivity index (χ2v) is 4.62. The van der Waals surface area contributed by atoms with Gasteiger partial charge in [0.25, 0.3) is 0 Å². The van der Waals surface area contributed by atoms with Gasteiger partial charge in [0.1, 0.15) is 0 Å². The first-order valence-electron chi connectivity index (χ1n) is 6.20. The molecule has 0 aliphatic carbocycles. The van der Waals surface area contributed by atoms with Gasteiger partial charge in [-0.25, -0.2) is 0 Å². The lowest BCUT2D eigenvalue weighted by atomic mass is 10.2. The molecule has 0 radical (unpaired) electrons. The lowest BCUT2D eigenvalue weighted by Gasteiger charge is -2.23. The fraction of sp³-hybridized carbons (Fsp3) is 0.333. The molecule has 0 fully saturated rings. The molecule has 0 aromatic carbocycles. The molecule has 0 saturated carbocycles. The summed E-state index contributed by atoms with van der Waals surface area (Å²) in [7, 11) is 2.10. The summed E-state index contributed by atoms with van der Waals surface area (Å²) >= 11 is 0. The monoisotopic (exact) mass is 241 g/mol. The van der Waals surface area contributed by atoms with E-state index in [-0.39, 0.29) is 6.04 Å². The van der Waals surface area contributed by atoms with Gasteiger partial charge in [0.2, 0.25) is 0 Å². The Labute approximate surface area is 109 Å². The Bertz CT molecular complexity index is 496. The first kappa shape index (κ1) is 12.7. The first-order chi connectivity index (χ1) is 8.66. The van der Waals surface area contributed by atoms with Crippen LogP contribution < -0.4 is 0 Å². The molecule has 0 aliphatic rings. The maximum Gasteiger partial charge on any atom is 0.0572 e. The summed E-state index contributed by atoms with van der Waals surface area (Å²) < 4.78 is 0. The number of pyridine rings is 2. The Morgan fingerprint density at radius 2 is 2.00 bits per heavy atom. The van der Waals surface area contributed by atoms with E-state index in [4.69, 9.17) is 0 Å². The average Bonchev–Trinajstić information content (AvgIpc) is 2.39. The Morgan fingerprint density at radius 3 is 2.67 bits per heavy atom. The smallest absolute Gasteiger partial charge is 0.0572 e. The third-order valence-corrected chi connectivity index (χ3v) is 3.13. The van der Waals surface area contributed by atoms with Crippen molar-refractivity contribution in [2.24, 2.45) is 0 Å². The van der Waals surface area contributed by atoms with E-state index in [0.717, 1.165) is 23.6 Å². The lowest BCUT2D eigenvalue weighted by Crippen LogP contribution is -2.23. The van der Waals surface area contributed by atoms with Crippen LogP contribution in [0.1, 0.15) is 30.0 Å². The summed E-state index contributed by atoms with van der Waals surface area (Å²) in [5, 5.41) is 0. The van der Waals surface area contributed by atoms with E-state index in [1.807, 2.05) is 31.3 Å². The third kappa shape index (κ3) is 3.14. The van der Waals surface area contributed by atoms with Crippen molar-refractivity contribution in [1.29, 1.82) is 0 Å². The Balaban J connectivity index is 2.06. The summed E-state index contributed by atoms with van der Waals surface area (Å²) in [4.78, 5) is 11.2. The number of hydrogen-bond acceptors (Lipinski definition) is 3. The number of nitrogens with zero attached hydrogens (tertiary/aromatic N) is 3. The number of rotatable bonds is 4. The highest BCUT2D eigenvalue weighted by atomic mass is 15.1. The average molecular weight is 241 g/mol. The van der Waals surface area contributed by atoms with Crippen molar-refractivity contribution >= 4 is 0 Å². The largest absolute Gasteiger partial charge is 0.292 e. The summed E-state index contributed by atoms with van der Waals surface area (Å²) in [6.07, 6.45) is 1.84. The molecule has 18 heavy (non-hydrogen) atoms. The van der Waals surface area contributed by atoms with Gasteiger partial charge in [-0.2, -0.15) is 0 Å². The molecule has 3 heteroatoms. The first-order valence-corrected chi connectivity index (χ1v) is 6.20. The minimum atomic E-state index is 0.286. The summed E-state index contributed by atoms with van der Waals surface area (Å²) in [5.74, 6) is 0. The molecule has 0 bridgehead atoms. The highest BCUT2D eigenvalue weighted by Gasteiger charge is 2.13. The minimum Gasteiger partial charge on any atom is -0.292 e.